The zero-order valence-electron chi connectivity index (χ0n) is 23.5. The molecule has 0 saturated heterocycles. The molecule has 0 atom stereocenters. The fraction of sp³-hybridized carbons (Fsp3) is 0.393. The van der Waals surface area contributed by atoms with E-state index in [2.05, 4.69) is 20.6 Å². The molecular weight excluding hydrogens is 548 g/mol. The minimum absolute atomic E-state index is 0.0617. The predicted octanol–water partition coefficient (Wildman–Crippen LogP) is 5.57. The van der Waals surface area contributed by atoms with Crippen molar-refractivity contribution in [1.82, 2.24) is 34.8 Å². The topological polar surface area (TPSA) is 108 Å². The first kappa shape index (κ1) is 27.2. The van der Waals surface area contributed by atoms with E-state index in [1.807, 2.05) is 6.07 Å². The van der Waals surface area contributed by atoms with Crippen molar-refractivity contribution >= 4 is 40.9 Å². The summed E-state index contributed by atoms with van der Waals surface area (Å²) in [7, 11) is 6.57. The predicted molar refractivity (Wildman–Crippen MR) is 154 cm³/mol. The monoisotopic (exact) mass is 579 g/mol. The summed E-state index contributed by atoms with van der Waals surface area (Å²) >= 11 is 1.25. The summed E-state index contributed by atoms with van der Waals surface area (Å²) in [5.41, 5.74) is 2.96. The van der Waals surface area contributed by atoms with E-state index >= 15 is 8.78 Å². The van der Waals surface area contributed by atoms with Crippen LogP contribution < -0.4 is 10.2 Å². The number of hydrogen-bond acceptors (Lipinski definition) is 8. The molecule has 2 N–H and O–H groups in total. The van der Waals surface area contributed by atoms with Gasteiger partial charge in [0.2, 0.25) is 5.95 Å². The maximum atomic E-state index is 15.2. The maximum absolute atomic E-state index is 15.2. The Kier molecular flexibility index (Phi) is 6.92. The first-order valence-electron chi connectivity index (χ1n) is 13.4. The highest BCUT2D eigenvalue weighted by Crippen LogP contribution is 2.49. The first-order chi connectivity index (χ1) is 19.7. The average Bonchev–Trinajstić information content (AvgIpc) is 3.87. The second-order valence-electron chi connectivity index (χ2n) is 10.7. The number of nitrogens with one attached hydrogen (secondary N) is 2. The number of rotatable bonds is 9. The Labute approximate surface area is 240 Å². The number of halogens is 2. The lowest BCUT2D eigenvalue weighted by atomic mass is 10.0. The Bertz CT molecular complexity index is 1620. The van der Waals surface area contributed by atoms with E-state index in [1.165, 1.54) is 45.4 Å². The number of H-pyrrole nitrogens is 1. The molecule has 41 heavy (non-hydrogen) atoms. The number of aryl methyl sites for hydroxylation is 1. The van der Waals surface area contributed by atoms with Gasteiger partial charge in [-0.25, -0.2) is 13.8 Å². The van der Waals surface area contributed by atoms with Gasteiger partial charge in [0.15, 0.2) is 17.5 Å². The number of carbonyl (C=O) groups excluding carboxylic acids is 1. The number of aromatic amines is 1. The SMILES string of the molecule is CSc1cc(F)c(N(C)c2nc(Nc3cc(C4CC4)[nH]n3)c(C3CC3)c(-c3cnn(C)c3C(=O)N(C)C)n2)c(F)c1. The third-order valence-corrected chi connectivity index (χ3v) is 8.15. The number of benzene rings is 1. The van der Waals surface area contributed by atoms with Gasteiger partial charge in [0.05, 0.1) is 17.5 Å². The number of carbonyl (C=O) groups is 1. The second-order valence-corrected chi connectivity index (χ2v) is 11.6. The first-order valence-corrected chi connectivity index (χ1v) is 14.6. The lowest BCUT2D eigenvalue weighted by Gasteiger charge is -2.23. The van der Waals surface area contributed by atoms with Crippen molar-refractivity contribution in [2.24, 2.45) is 7.05 Å². The van der Waals surface area contributed by atoms with Crippen molar-refractivity contribution in [3.05, 3.63) is 53.0 Å². The second kappa shape index (κ2) is 10.4. The summed E-state index contributed by atoms with van der Waals surface area (Å²) in [5, 5.41) is 15.3. The highest BCUT2D eigenvalue weighted by Gasteiger charge is 2.35. The number of anilines is 4. The Balaban J connectivity index is 1.54. The molecule has 13 heteroatoms. The fourth-order valence-corrected chi connectivity index (χ4v) is 5.39. The number of aromatic nitrogens is 6. The Hall–Kier alpha value is -4.00. The number of amides is 1. The van der Waals surface area contributed by atoms with E-state index < -0.39 is 11.6 Å². The lowest BCUT2D eigenvalue weighted by Crippen LogP contribution is -2.25. The van der Waals surface area contributed by atoms with Crippen LogP contribution in [0.1, 0.15) is 59.3 Å². The van der Waals surface area contributed by atoms with Gasteiger partial charge in [-0.05, 0) is 50.0 Å². The molecule has 4 aromatic rings. The lowest BCUT2D eigenvalue weighted by molar-refractivity contribution is 0.0817. The molecule has 10 nitrogen and oxygen atoms in total. The molecule has 2 fully saturated rings. The van der Waals surface area contributed by atoms with Gasteiger partial charge in [-0.15, -0.1) is 11.8 Å². The van der Waals surface area contributed by atoms with Crippen LogP contribution >= 0.6 is 11.8 Å². The number of thioether (sulfide) groups is 1. The summed E-state index contributed by atoms with van der Waals surface area (Å²) in [6.45, 7) is 0. The van der Waals surface area contributed by atoms with Crippen LogP contribution in [0.15, 0.2) is 29.3 Å². The molecule has 0 radical (unpaired) electrons. The van der Waals surface area contributed by atoms with Crippen LogP contribution in [0, 0.1) is 11.6 Å². The van der Waals surface area contributed by atoms with Crippen LogP contribution in [0.25, 0.3) is 11.3 Å². The summed E-state index contributed by atoms with van der Waals surface area (Å²) < 4.78 is 32.0. The molecule has 0 spiro atoms. The molecule has 214 valence electrons. The van der Waals surface area contributed by atoms with Crippen LogP contribution in [0.5, 0.6) is 0 Å². The molecule has 3 aromatic heterocycles. The minimum atomic E-state index is -0.728. The van der Waals surface area contributed by atoms with Crippen molar-refractivity contribution in [1.29, 1.82) is 0 Å². The van der Waals surface area contributed by atoms with Crippen LogP contribution in [0.2, 0.25) is 0 Å². The molecular formula is C28H31F2N9OS. The van der Waals surface area contributed by atoms with Crippen LogP contribution in [-0.4, -0.2) is 68.2 Å². The van der Waals surface area contributed by atoms with Gasteiger partial charge in [-0.2, -0.15) is 15.2 Å². The molecule has 0 bridgehead atoms. The molecule has 3 heterocycles. The van der Waals surface area contributed by atoms with E-state index in [9.17, 15) is 4.79 Å². The maximum Gasteiger partial charge on any atom is 0.272 e. The molecule has 2 saturated carbocycles. The molecule has 1 aromatic carbocycles. The van der Waals surface area contributed by atoms with E-state index in [0.717, 1.165) is 36.9 Å². The fourth-order valence-electron chi connectivity index (χ4n) is 4.95. The number of hydrogen-bond donors (Lipinski definition) is 2. The molecule has 6 rings (SSSR count). The van der Waals surface area contributed by atoms with Gasteiger partial charge in [-0.3, -0.25) is 14.6 Å². The van der Waals surface area contributed by atoms with E-state index in [-0.39, 0.29) is 23.5 Å². The molecule has 1 amide bonds. The number of nitrogens with zero attached hydrogens (tertiary/aromatic N) is 7. The van der Waals surface area contributed by atoms with Crippen LogP contribution in [0.3, 0.4) is 0 Å². The summed E-state index contributed by atoms with van der Waals surface area (Å²) in [6.07, 6.45) is 7.45. The Morgan fingerprint density at radius 3 is 2.37 bits per heavy atom. The average molecular weight is 580 g/mol. The van der Waals surface area contributed by atoms with Crippen LogP contribution in [0.4, 0.5) is 32.1 Å². The Morgan fingerprint density at radius 1 is 1.07 bits per heavy atom. The van der Waals surface area contributed by atoms with E-state index in [4.69, 9.17) is 9.97 Å². The van der Waals surface area contributed by atoms with Crippen molar-refractivity contribution in [3.63, 3.8) is 0 Å². The standard InChI is InChI=1S/C28H31F2N9OS/c1-37(2)27(40)24-17(13-31-39(24)4)23-22(15-8-9-15)26(32-21-12-20(35-36-21)14-6-7-14)34-28(33-23)38(3)25-18(29)10-16(41-5)11-19(25)30/h10-15H,6-9H2,1-5H3,(H2,32,33,34,35,36). The van der Waals surface area contributed by atoms with Gasteiger partial charge in [0.25, 0.3) is 5.91 Å². The molecule has 2 aliphatic rings. The third-order valence-electron chi connectivity index (χ3n) is 7.44. The largest absolute Gasteiger partial charge is 0.343 e. The smallest absolute Gasteiger partial charge is 0.272 e. The highest BCUT2D eigenvalue weighted by atomic mass is 32.2. The minimum Gasteiger partial charge on any atom is -0.343 e. The van der Waals surface area contributed by atoms with E-state index in [1.54, 1.807) is 33.6 Å². The van der Waals surface area contributed by atoms with Gasteiger partial charge in [-0.1, -0.05) is 0 Å². The highest BCUT2D eigenvalue weighted by molar-refractivity contribution is 7.98. The Morgan fingerprint density at radius 2 is 1.76 bits per heavy atom. The quantitative estimate of drug-likeness (QED) is 0.248. The summed E-state index contributed by atoms with van der Waals surface area (Å²) in [5.74, 6) is 0.0521. The van der Waals surface area contributed by atoms with Crippen LogP contribution in [-0.2, 0) is 7.05 Å². The normalized spacial score (nSPS) is 14.8. The van der Waals surface area contributed by atoms with Gasteiger partial charge < -0.3 is 15.1 Å². The van der Waals surface area contributed by atoms with Gasteiger partial charge in [0, 0.05) is 56.3 Å². The van der Waals surface area contributed by atoms with E-state index in [0.29, 0.717) is 39.4 Å². The summed E-state index contributed by atoms with van der Waals surface area (Å²) in [6, 6.07) is 4.54. The zero-order chi connectivity index (χ0) is 29.0. The van der Waals surface area contributed by atoms with Crippen molar-refractivity contribution in [2.75, 3.05) is 37.6 Å². The molecule has 0 aliphatic heterocycles. The zero-order valence-corrected chi connectivity index (χ0v) is 24.3. The molecule has 0 unspecified atom stereocenters. The summed E-state index contributed by atoms with van der Waals surface area (Å²) in [4.78, 5) is 26.1. The van der Waals surface area contributed by atoms with Gasteiger partial charge in [0.1, 0.15) is 17.2 Å². The van der Waals surface area contributed by atoms with Gasteiger partial charge >= 0.3 is 0 Å². The van der Waals surface area contributed by atoms with Crippen molar-refractivity contribution in [2.45, 2.75) is 42.4 Å². The molecule has 2 aliphatic carbocycles. The van der Waals surface area contributed by atoms with Crippen molar-refractivity contribution in [3.8, 4) is 11.3 Å². The third kappa shape index (κ3) is 5.14. The van der Waals surface area contributed by atoms with Crippen molar-refractivity contribution < 1.29 is 13.6 Å².